The Bertz CT molecular complexity index is 1030. The first-order valence-corrected chi connectivity index (χ1v) is 11.6. The van der Waals surface area contributed by atoms with Crippen molar-refractivity contribution in [1.29, 1.82) is 0 Å². The van der Waals surface area contributed by atoms with Crippen LogP contribution in [0, 0.1) is 33.1 Å². The highest BCUT2D eigenvalue weighted by molar-refractivity contribution is 5.94. The fourth-order valence-corrected chi connectivity index (χ4v) is 3.34. The minimum absolute atomic E-state index is 0.0220. The van der Waals surface area contributed by atoms with Crippen molar-refractivity contribution in [2.75, 3.05) is 11.9 Å². The third-order valence-corrected chi connectivity index (χ3v) is 5.72. The number of carbonyl (C=O) groups is 3. The van der Waals surface area contributed by atoms with Crippen LogP contribution in [0.4, 0.5) is 5.69 Å². The summed E-state index contributed by atoms with van der Waals surface area (Å²) in [4.78, 5) is 36.8. The molecule has 0 saturated carbocycles. The van der Waals surface area contributed by atoms with E-state index in [-0.39, 0.29) is 24.7 Å². The van der Waals surface area contributed by atoms with Crippen molar-refractivity contribution < 1.29 is 19.1 Å². The number of hydrogen-bond acceptors (Lipinski definition) is 4. The van der Waals surface area contributed by atoms with Gasteiger partial charge in [0, 0.05) is 23.9 Å². The van der Waals surface area contributed by atoms with Gasteiger partial charge in [0.05, 0.1) is 6.61 Å². The lowest BCUT2D eigenvalue weighted by Crippen LogP contribution is -2.47. The van der Waals surface area contributed by atoms with Crippen LogP contribution < -0.4 is 20.9 Å². The number of hydrogen-bond donors (Lipinski definition) is 3. The highest BCUT2D eigenvalue weighted by Crippen LogP contribution is 2.24. The van der Waals surface area contributed by atoms with Crippen LogP contribution in [0.2, 0.25) is 0 Å². The van der Waals surface area contributed by atoms with Crippen molar-refractivity contribution in [3.63, 3.8) is 0 Å². The van der Waals surface area contributed by atoms with Gasteiger partial charge in [-0.2, -0.15) is 0 Å². The van der Waals surface area contributed by atoms with E-state index in [2.05, 4.69) is 16.2 Å². The summed E-state index contributed by atoms with van der Waals surface area (Å²) in [6.45, 7) is 12.0. The molecule has 3 N–H and O–H groups in total. The highest BCUT2D eigenvalue weighted by atomic mass is 16.5. The van der Waals surface area contributed by atoms with E-state index in [4.69, 9.17) is 4.74 Å². The lowest BCUT2D eigenvalue weighted by atomic mass is 9.87. The molecule has 3 amide bonds. The number of ether oxygens (including phenoxy) is 1. The number of aryl methyl sites for hydroxylation is 4. The van der Waals surface area contributed by atoms with Gasteiger partial charge in [-0.05, 0) is 74.9 Å². The summed E-state index contributed by atoms with van der Waals surface area (Å²) in [5.41, 5.74) is 9.15. The standard InChI is InChI=1S/C27H37N3O4/c1-18-8-10-20(3)22(16-18)28-24(31)12-13-25(32)29-30-26(33)27(5,6)14-7-15-34-23-17-19(2)9-11-21(23)4/h8-11,16-17H,7,12-15H2,1-6H3,(H,28,31)(H,29,32)(H,30,33). The molecule has 34 heavy (non-hydrogen) atoms. The Balaban J connectivity index is 1.69. The molecule has 2 rings (SSSR count). The summed E-state index contributed by atoms with van der Waals surface area (Å²) < 4.78 is 5.86. The summed E-state index contributed by atoms with van der Waals surface area (Å²) in [5.74, 6) is -0.0959. The molecule has 0 heterocycles. The van der Waals surface area contributed by atoms with E-state index in [1.165, 1.54) is 0 Å². The molecule has 2 aromatic carbocycles. The number of nitrogens with one attached hydrogen (secondary N) is 3. The van der Waals surface area contributed by atoms with Gasteiger partial charge in [0.25, 0.3) is 0 Å². The van der Waals surface area contributed by atoms with Crippen LogP contribution in [0.1, 0.15) is 61.8 Å². The van der Waals surface area contributed by atoms with Gasteiger partial charge in [-0.3, -0.25) is 25.2 Å². The van der Waals surface area contributed by atoms with Gasteiger partial charge >= 0.3 is 0 Å². The normalized spacial score (nSPS) is 11.0. The zero-order valence-corrected chi connectivity index (χ0v) is 21.1. The largest absolute Gasteiger partial charge is 0.493 e. The predicted molar refractivity (Wildman–Crippen MR) is 134 cm³/mol. The second-order valence-electron chi connectivity index (χ2n) is 9.47. The Morgan fingerprint density at radius 2 is 1.44 bits per heavy atom. The molecule has 0 spiro atoms. The SMILES string of the molecule is Cc1ccc(C)c(NC(=O)CCC(=O)NNC(=O)C(C)(C)CCCOc2cc(C)ccc2C)c1. The molecule has 0 aromatic heterocycles. The third-order valence-electron chi connectivity index (χ3n) is 5.72. The Hall–Kier alpha value is -3.35. The fraction of sp³-hybridized carbons (Fsp3) is 0.444. The van der Waals surface area contributed by atoms with Gasteiger partial charge in [0.1, 0.15) is 5.75 Å². The lowest BCUT2D eigenvalue weighted by Gasteiger charge is -2.23. The molecular formula is C27H37N3O4. The summed E-state index contributed by atoms with van der Waals surface area (Å²) in [7, 11) is 0. The monoisotopic (exact) mass is 467 g/mol. The lowest BCUT2D eigenvalue weighted by molar-refractivity contribution is -0.134. The summed E-state index contributed by atoms with van der Waals surface area (Å²) in [6, 6.07) is 11.9. The van der Waals surface area contributed by atoms with E-state index < -0.39 is 11.3 Å². The number of benzene rings is 2. The van der Waals surface area contributed by atoms with Crippen LogP contribution in [-0.4, -0.2) is 24.3 Å². The van der Waals surface area contributed by atoms with E-state index in [1.54, 1.807) is 0 Å². The number of hydrazine groups is 1. The quantitative estimate of drug-likeness (QED) is 0.349. The van der Waals surface area contributed by atoms with Crippen LogP contribution in [0.25, 0.3) is 0 Å². The summed E-state index contributed by atoms with van der Waals surface area (Å²) in [5, 5.41) is 2.82. The number of amides is 3. The molecule has 0 bridgehead atoms. The first-order chi connectivity index (χ1) is 16.0. The molecule has 0 fully saturated rings. The first kappa shape index (κ1) is 26.9. The van der Waals surface area contributed by atoms with Crippen molar-refractivity contribution in [2.24, 2.45) is 5.41 Å². The molecule has 0 aliphatic carbocycles. The number of carbonyl (C=O) groups excluding carboxylic acids is 3. The van der Waals surface area contributed by atoms with Crippen molar-refractivity contribution >= 4 is 23.4 Å². The maximum absolute atomic E-state index is 12.5. The smallest absolute Gasteiger partial charge is 0.244 e. The molecule has 7 heteroatoms. The van der Waals surface area contributed by atoms with Gasteiger partial charge < -0.3 is 10.1 Å². The zero-order valence-electron chi connectivity index (χ0n) is 21.1. The molecule has 0 unspecified atom stereocenters. The summed E-state index contributed by atoms with van der Waals surface area (Å²) in [6.07, 6.45) is 1.29. The van der Waals surface area contributed by atoms with E-state index in [1.807, 2.05) is 77.9 Å². The molecule has 0 atom stereocenters. The Labute approximate surface area is 202 Å². The molecule has 0 saturated heterocycles. The minimum atomic E-state index is -0.682. The summed E-state index contributed by atoms with van der Waals surface area (Å²) >= 11 is 0. The van der Waals surface area contributed by atoms with Crippen LogP contribution in [0.5, 0.6) is 5.75 Å². The van der Waals surface area contributed by atoms with Crippen LogP contribution in [-0.2, 0) is 14.4 Å². The Morgan fingerprint density at radius 1 is 0.824 bits per heavy atom. The third kappa shape index (κ3) is 8.54. The van der Waals surface area contributed by atoms with Crippen molar-refractivity contribution in [1.82, 2.24) is 10.9 Å². The van der Waals surface area contributed by atoms with E-state index >= 15 is 0 Å². The zero-order chi connectivity index (χ0) is 25.3. The van der Waals surface area contributed by atoms with Gasteiger partial charge in [-0.1, -0.05) is 38.1 Å². The molecule has 0 radical (unpaired) electrons. The molecule has 184 valence electrons. The number of anilines is 1. The van der Waals surface area contributed by atoms with Crippen molar-refractivity contribution in [3.8, 4) is 5.75 Å². The van der Waals surface area contributed by atoms with Crippen LogP contribution >= 0.6 is 0 Å². The first-order valence-electron chi connectivity index (χ1n) is 11.6. The second-order valence-corrected chi connectivity index (χ2v) is 9.47. The predicted octanol–water partition coefficient (Wildman–Crippen LogP) is 4.67. The van der Waals surface area contributed by atoms with Crippen LogP contribution in [0.15, 0.2) is 36.4 Å². The average Bonchev–Trinajstić information content (AvgIpc) is 2.78. The van der Waals surface area contributed by atoms with Gasteiger partial charge in [0.15, 0.2) is 0 Å². The molecule has 7 nitrogen and oxygen atoms in total. The maximum atomic E-state index is 12.5. The fourth-order valence-electron chi connectivity index (χ4n) is 3.34. The van der Waals surface area contributed by atoms with Crippen LogP contribution in [0.3, 0.4) is 0 Å². The highest BCUT2D eigenvalue weighted by Gasteiger charge is 2.27. The molecule has 2 aromatic rings. The Kier molecular flexibility index (Phi) is 9.66. The second kappa shape index (κ2) is 12.2. The van der Waals surface area contributed by atoms with Gasteiger partial charge in [0.2, 0.25) is 17.7 Å². The van der Waals surface area contributed by atoms with Gasteiger partial charge in [-0.25, -0.2) is 0 Å². The topological polar surface area (TPSA) is 96.5 Å². The van der Waals surface area contributed by atoms with E-state index in [0.717, 1.165) is 33.7 Å². The van der Waals surface area contributed by atoms with E-state index in [0.29, 0.717) is 19.4 Å². The maximum Gasteiger partial charge on any atom is 0.244 e. The van der Waals surface area contributed by atoms with Crippen molar-refractivity contribution in [3.05, 3.63) is 58.7 Å². The molecular weight excluding hydrogens is 430 g/mol. The average molecular weight is 468 g/mol. The number of rotatable bonds is 10. The van der Waals surface area contributed by atoms with E-state index in [9.17, 15) is 14.4 Å². The van der Waals surface area contributed by atoms with Crippen molar-refractivity contribution in [2.45, 2.75) is 67.2 Å². The molecule has 0 aliphatic heterocycles. The molecule has 0 aliphatic rings. The Morgan fingerprint density at radius 3 is 2.15 bits per heavy atom. The minimum Gasteiger partial charge on any atom is -0.493 e. The van der Waals surface area contributed by atoms with Gasteiger partial charge in [-0.15, -0.1) is 0 Å².